The van der Waals surface area contributed by atoms with Crippen LogP contribution in [-0.4, -0.2) is 64.9 Å². The largest absolute Gasteiger partial charge is 0.507 e. The average molecular weight is 391 g/mol. The minimum Gasteiger partial charge on any atom is -0.507 e. The number of aliphatic hydroxyl groups excluding tert-OH is 3. The van der Waals surface area contributed by atoms with Crippen molar-refractivity contribution in [3.05, 3.63) is 42.2 Å². The van der Waals surface area contributed by atoms with Gasteiger partial charge in [-0.1, -0.05) is 6.07 Å². The maximum atomic E-state index is 13.1. The molecule has 10 nitrogen and oxygen atoms in total. The van der Waals surface area contributed by atoms with E-state index in [0.717, 1.165) is 6.07 Å². The molecular formula is C17H18FN5O5. The Balaban J connectivity index is 1.60. The first-order valence-electron chi connectivity index (χ1n) is 8.51. The van der Waals surface area contributed by atoms with E-state index in [4.69, 9.17) is 4.74 Å². The van der Waals surface area contributed by atoms with E-state index < -0.39 is 37.0 Å². The van der Waals surface area contributed by atoms with E-state index in [1.807, 2.05) is 0 Å². The highest BCUT2D eigenvalue weighted by molar-refractivity contribution is 5.82. The SMILES string of the molecule is OC[C@H]1OC(n2cnc3c(NCc4ccc(F)cc4O)ncnc32)[C@H](O)[C@@H]1O. The lowest BCUT2D eigenvalue weighted by Crippen LogP contribution is -2.33. The third-order valence-electron chi connectivity index (χ3n) is 4.64. The van der Waals surface area contributed by atoms with Gasteiger partial charge in [0.1, 0.15) is 36.2 Å². The number of aromatic hydroxyl groups is 1. The fourth-order valence-corrected chi connectivity index (χ4v) is 3.14. The second-order valence-electron chi connectivity index (χ2n) is 6.40. The molecule has 0 saturated carbocycles. The Morgan fingerprint density at radius 1 is 1.18 bits per heavy atom. The summed E-state index contributed by atoms with van der Waals surface area (Å²) >= 11 is 0. The molecule has 1 saturated heterocycles. The summed E-state index contributed by atoms with van der Waals surface area (Å²) < 4.78 is 20.1. The van der Waals surface area contributed by atoms with Crippen molar-refractivity contribution in [1.29, 1.82) is 0 Å². The van der Waals surface area contributed by atoms with Crippen LogP contribution in [0.15, 0.2) is 30.9 Å². The monoisotopic (exact) mass is 391 g/mol. The van der Waals surface area contributed by atoms with Gasteiger partial charge in [-0.25, -0.2) is 19.3 Å². The molecule has 1 aliphatic heterocycles. The molecule has 0 spiro atoms. The van der Waals surface area contributed by atoms with Gasteiger partial charge in [0.25, 0.3) is 0 Å². The van der Waals surface area contributed by atoms with E-state index in [-0.39, 0.29) is 12.3 Å². The first kappa shape index (κ1) is 18.5. The van der Waals surface area contributed by atoms with Gasteiger partial charge in [0, 0.05) is 18.2 Å². The quantitative estimate of drug-likeness (QED) is 0.402. The molecule has 3 aromatic rings. The van der Waals surface area contributed by atoms with Crippen molar-refractivity contribution in [2.24, 2.45) is 0 Å². The minimum absolute atomic E-state index is 0.166. The summed E-state index contributed by atoms with van der Waals surface area (Å²) in [4.78, 5) is 12.5. The molecule has 28 heavy (non-hydrogen) atoms. The molecule has 148 valence electrons. The van der Waals surface area contributed by atoms with Crippen LogP contribution in [-0.2, 0) is 11.3 Å². The Kier molecular flexibility index (Phi) is 4.81. The van der Waals surface area contributed by atoms with Crippen molar-refractivity contribution in [2.45, 2.75) is 31.1 Å². The van der Waals surface area contributed by atoms with E-state index in [1.54, 1.807) is 0 Å². The summed E-state index contributed by atoms with van der Waals surface area (Å²) in [6.07, 6.45) is -1.72. The highest BCUT2D eigenvalue weighted by Gasteiger charge is 2.44. The predicted molar refractivity (Wildman–Crippen MR) is 93.7 cm³/mol. The van der Waals surface area contributed by atoms with Crippen LogP contribution < -0.4 is 5.32 Å². The number of phenols is 1. The normalized spacial score (nSPS) is 24.7. The second kappa shape index (κ2) is 7.28. The number of phenolic OH excluding ortho intramolecular Hbond substituents is 1. The summed E-state index contributed by atoms with van der Waals surface area (Å²) in [5.41, 5.74) is 1.19. The summed E-state index contributed by atoms with van der Waals surface area (Å²) in [5, 5.41) is 42.2. The topological polar surface area (TPSA) is 146 Å². The zero-order chi connectivity index (χ0) is 19.8. The van der Waals surface area contributed by atoms with Crippen molar-refractivity contribution in [1.82, 2.24) is 19.5 Å². The van der Waals surface area contributed by atoms with Crippen LogP contribution in [0.3, 0.4) is 0 Å². The van der Waals surface area contributed by atoms with Gasteiger partial charge in [-0.05, 0) is 6.07 Å². The zero-order valence-corrected chi connectivity index (χ0v) is 14.5. The molecule has 1 unspecified atom stereocenters. The number of aromatic nitrogens is 4. The molecule has 3 heterocycles. The van der Waals surface area contributed by atoms with E-state index in [9.17, 15) is 24.8 Å². The number of hydrogen-bond acceptors (Lipinski definition) is 9. The highest BCUT2D eigenvalue weighted by atomic mass is 19.1. The van der Waals surface area contributed by atoms with E-state index in [0.29, 0.717) is 22.5 Å². The Labute approximate surface area is 157 Å². The molecule has 1 aliphatic rings. The summed E-state index contributed by atoms with van der Waals surface area (Å²) in [6.45, 7) is -0.275. The lowest BCUT2D eigenvalue weighted by Gasteiger charge is -2.16. The molecule has 0 aliphatic carbocycles. The number of ether oxygens (including phenoxy) is 1. The molecule has 0 radical (unpaired) electrons. The van der Waals surface area contributed by atoms with Crippen LogP contribution in [0.4, 0.5) is 10.2 Å². The Morgan fingerprint density at radius 2 is 2.00 bits per heavy atom. The lowest BCUT2D eigenvalue weighted by molar-refractivity contribution is -0.0511. The van der Waals surface area contributed by atoms with Crippen LogP contribution >= 0.6 is 0 Å². The molecule has 1 fully saturated rings. The zero-order valence-electron chi connectivity index (χ0n) is 14.5. The van der Waals surface area contributed by atoms with Crippen LogP contribution in [0.25, 0.3) is 11.2 Å². The van der Waals surface area contributed by atoms with Crippen molar-refractivity contribution in [3.63, 3.8) is 0 Å². The summed E-state index contributed by atoms with van der Waals surface area (Å²) in [6, 6.07) is 3.71. The Bertz CT molecular complexity index is 999. The number of imidazole rings is 1. The molecule has 4 atom stereocenters. The van der Waals surface area contributed by atoms with E-state index in [1.165, 1.54) is 29.4 Å². The van der Waals surface area contributed by atoms with Gasteiger partial charge in [-0.15, -0.1) is 0 Å². The fourth-order valence-electron chi connectivity index (χ4n) is 3.14. The van der Waals surface area contributed by atoms with Gasteiger partial charge in [0.05, 0.1) is 12.9 Å². The summed E-state index contributed by atoms with van der Waals surface area (Å²) in [7, 11) is 0. The number of halogens is 1. The number of hydrogen-bond donors (Lipinski definition) is 5. The minimum atomic E-state index is -1.27. The van der Waals surface area contributed by atoms with Gasteiger partial charge < -0.3 is 30.5 Å². The predicted octanol–water partition coefficient (Wildman–Crippen LogP) is -0.105. The first-order chi connectivity index (χ1) is 13.5. The van der Waals surface area contributed by atoms with Gasteiger partial charge in [0.15, 0.2) is 23.2 Å². The molecule has 4 rings (SSSR count). The van der Waals surface area contributed by atoms with Crippen LogP contribution in [0.5, 0.6) is 5.75 Å². The van der Waals surface area contributed by atoms with E-state index in [2.05, 4.69) is 20.3 Å². The molecular weight excluding hydrogens is 373 g/mol. The number of benzene rings is 1. The Hall–Kier alpha value is -2.86. The van der Waals surface area contributed by atoms with Crippen LogP contribution in [0, 0.1) is 5.82 Å². The molecule has 5 N–H and O–H groups in total. The molecule has 2 aromatic heterocycles. The fraction of sp³-hybridized carbons (Fsp3) is 0.353. The van der Waals surface area contributed by atoms with Crippen molar-refractivity contribution in [3.8, 4) is 5.75 Å². The van der Waals surface area contributed by atoms with Gasteiger partial charge >= 0.3 is 0 Å². The standard InChI is InChI=1S/C17H18FN5O5/c18-9-2-1-8(10(25)3-9)4-19-15-12-16(21-6-20-15)23(7-22-12)17-14(27)13(26)11(5-24)28-17/h1-3,6-7,11,13-14,17,24-27H,4-5H2,(H,19,20,21)/t11-,13-,14-,17?/m1/s1. The molecule has 11 heteroatoms. The van der Waals surface area contributed by atoms with Crippen molar-refractivity contribution in [2.75, 3.05) is 11.9 Å². The smallest absolute Gasteiger partial charge is 0.167 e. The highest BCUT2D eigenvalue weighted by Crippen LogP contribution is 2.32. The average Bonchev–Trinajstić information content (AvgIpc) is 3.23. The molecule has 0 bridgehead atoms. The summed E-state index contributed by atoms with van der Waals surface area (Å²) in [5.74, 6) is -0.364. The number of fused-ring (bicyclic) bond motifs is 1. The number of anilines is 1. The number of nitrogens with one attached hydrogen (secondary N) is 1. The third-order valence-corrected chi connectivity index (χ3v) is 4.64. The van der Waals surface area contributed by atoms with Gasteiger partial charge in [-0.3, -0.25) is 4.57 Å². The second-order valence-corrected chi connectivity index (χ2v) is 6.40. The number of rotatable bonds is 5. The third kappa shape index (κ3) is 3.14. The first-order valence-corrected chi connectivity index (χ1v) is 8.51. The maximum absolute atomic E-state index is 13.1. The van der Waals surface area contributed by atoms with Crippen molar-refractivity contribution >= 4 is 17.0 Å². The van der Waals surface area contributed by atoms with Gasteiger partial charge in [0.2, 0.25) is 0 Å². The van der Waals surface area contributed by atoms with E-state index >= 15 is 0 Å². The maximum Gasteiger partial charge on any atom is 0.167 e. The number of aliphatic hydroxyl groups is 3. The molecule has 0 amide bonds. The molecule has 1 aromatic carbocycles. The van der Waals surface area contributed by atoms with Crippen LogP contribution in [0.2, 0.25) is 0 Å². The lowest BCUT2D eigenvalue weighted by atomic mass is 10.1. The van der Waals surface area contributed by atoms with Gasteiger partial charge in [-0.2, -0.15) is 0 Å². The Morgan fingerprint density at radius 3 is 2.71 bits per heavy atom. The van der Waals surface area contributed by atoms with Crippen molar-refractivity contribution < 1.29 is 29.6 Å². The number of nitrogens with zero attached hydrogens (tertiary/aromatic N) is 4. The van der Waals surface area contributed by atoms with Crippen LogP contribution in [0.1, 0.15) is 11.8 Å².